The molecule has 11 heavy (non-hydrogen) atoms. The zero-order chi connectivity index (χ0) is 7.82. The molecule has 0 saturated carbocycles. The second-order valence-electron chi connectivity index (χ2n) is 1.59. The Morgan fingerprint density at radius 1 is 1.18 bits per heavy atom. The van der Waals surface area contributed by atoms with Crippen LogP contribution >= 0.6 is 0 Å². The van der Waals surface area contributed by atoms with E-state index < -0.39 is 5.97 Å². The molecule has 0 rings (SSSR count). The topological polar surface area (TPSA) is 40.1 Å². The first-order chi connectivity index (χ1) is 4.77. The molecule has 2 nitrogen and oxygen atoms in total. The van der Waals surface area contributed by atoms with Gasteiger partial charge in [0.2, 0.25) is 0 Å². The molecular formula is C8H9NaO2. The molecule has 0 aromatic rings. The normalized spacial score (nSPS) is 11.0. The molecule has 0 spiro atoms. The molecule has 3 heteroatoms. The van der Waals surface area contributed by atoms with Gasteiger partial charge in [0.15, 0.2) is 0 Å². The van der Waals surface area contributed by atoms with Gasteiger partial charge < -0.3 is 9.90 Å². The van der Waals surface area contributed by atoms with Crippen LogP contribution in [0.1, 0.15) is 6.92 Å². The van der Waals surface area contributed by atoms with Crippen LogP contribution in [0.4, 0.5) is 0 Å². The van der Waals surface area contributed by atoms with Gasteiger partial charge in [-0.05, 0) is 13.0 Å². The molecule has 0 bridgehead atoms. The van der Waals surface area contributed by atoms with Gasteiger partial charge in [0.1, 0.15) is 0 Å². The summed E-state index contributed by atoms with van der Waals surface area (Å²) in [6, 6.07) is 0. The number of hydrogen-bond donors (Lipinski definition) is 0. The molecule has 0 unspecified atom stereocenters. The molecule has 0 amide bonds. The average Bonchev–Trinajstić information content (AvgIpc) is 1.87. The Morgan fingerprint density at radius 3 is 2.18 bits per heavy atom. The maximum absolute atomic E-state index is 9.78. The van der Waals surface area contributed by atoms with Crippen LogP contribution in [0, 0.1) is 0 Å². The predicted molar refractivity (Wildman–Crippen MR) is 38.1 cm³/mol. The summed E-state index contributed by atoms with van der Waals surface area (Å²) in [6.07, 6.45) is 9.40. The molecule has 0 aliphatic rings. The Kier molecular flexibility index (Phi) is 11.7. The number of hydrogen-bond acceptors (Lipinski definition) is 2. The number of carbonyl (C=O) groups is 1. The summed E-state index contributed by atoms with van der Waals surface area (Å²) in [5.41, 5.74) is 0. The monoisotopic (exact) mass is 160 g/mol. The second kappa shape index (κ2) is 9.69. The molecule has 0 fully saturated rings. The zero-order valence-corrected chi connectivity index (χ0v) is 8.78. The van der Waals surface area contributed by atoms with Gasteiger partial charge in [-0.1, -0.05) is 30.4 Å². The number of aliphatic carboxylic acids is 1. The van der Waals surface area contributed by atoms with Crippen molar-refractivity contribution in [3.05, 3.63) is 36.5 Å². The first-order valence-electron chi connectivity index (χ1n) is 2.94. The van der Waals surface area contributed by atoms with E-state index in [2.05, 4.69) is 0 Å². The maximum atomic E-state index is 9.78. The minimum atomic E-state index is -1.18. The van der Waals surface area contributed by atoms with E-state index in [1.807, 2.05) is 13.0 Å². The number of rotatable bonds is 3. The van der Waals surface area contributed by atoms with E-state index >= 15 is 0 Å². The van der Waals surface area contributed by atoms with E-state index in [4.69, 9.17) is 0 Å². The van der Waals surface area contributed by atoms with Crippen molar-refractivity contribution in [2.75, 3.05) is 0 Å². The summed E-state index contributed by atoms with van der Waals surface area (Å²) in [5, 5.41) is 9.78. The van der Waals surface area contributed by atoms with Crippen LogP contribution in [0.5, 0.6) is 0 Å². The second-order valence-corrected chi connectivity index (χ2v) is 1.59. The van der Waals surface area contributed by atoms with E-state index in [0.29, 0.717) is 0 Å². The Labute approximate surface area is 88.6 Å². The first-order valence-corrected chi connectivity index (χ1v) is 2.94. The average molecular weight is 160 g/mol. The van der Waals surface area contributed by atoms with Crippen molar-refractivity contribution in [3.8, 4) is 0 Å². The Morgan fingerprint density at radius 2 is 1.73 bits per heavy atom. The summed E-state index contributed by atoms with van der Waals surface area (Å²) >= 11 is 0. The molecule has 0 aromatic carbocycles. The minimum absolute atomic E-state index is 0. The molecule has 0 N–H and O–H groups in total. The van der Waals surface area contributed by atoms with Gasteiger partial charge in [-0.3, -0.25) is 0 Å². The van der Waals surface area contributed by atoms with Crippen LogP contribution < -0.4 is 34.7 Å². The summed E-state index contributed by atoms with van der Waals surface area (Å²) in [7, 11) is 0. The van der Waals surface area contributed by atoms with Crippen molar-refractivity contribution in [3.63, 3.8) is 0 Å². The Bertz CT molecular complexity index is 181. The van der Waals surface area contributed by atoms with Gasteiger partial charge in [0.05, 0.1) is 5.97 Å². The van der Waals surface area contributed by atoms with Crippen LogP contribution in [-0.2, 0) is 4.79 Å². The van der Waals surface area contributed by atoms with Gasteiger partial charge in [-0.15, -0.1) is 0 Å². The molecular weight excluding hydrogens is 151 g/mol. The number of carboxylic acids is 1. The van der Waals surface area contributed by atoms with E-state index in [-0.39, 0.29) is 29.6 Å². The van der Waals surface area contributed by atoms with Gasteiger partial charge in [-0.2, -0.15) is 0 Å². The molecule has 0 aliphatic carbocycles. The maximum Gasteiger partial charge on any atom is 1.00 e. The zero-order valence-electron chi connectivity index (χ0n) is 6.78. The van der Waals surface area contributed by atoms with Gasteiger partial charge in [0, 0.05) is 0 Å². The van der Waals surface area contributed by atoms with E-state index in [9.17, 15) is 9.90 Å². The Balaban J connectivity index is 0. The quantitative estimate of drug-likeness (QED) is 0.258. The number of carbonyl (C=O) groups excluding carboxylic acids is 1. The number of allylic oxidation sites excluding steroid dienone is 5. The largest absolute Gasteiger partial charge is 1.00 e. The molecule has 0 atom stereocenters. The third kappa shape index (κ3) is 12.8. The molecule has 0 aromatic heterocycles. The fourth-order valence-corrected chi connectivity index (χ4v) is 0.374. The third-order valence-corrected chi connectivity index (χ3v) is 0.758. The van der Waals surface area contributed by atoms with Crippen molar-refractivity contribution in [1.29, 1.82) is 0 Å². The molecule has 0 heterocycles. The van der Waals surface area contributed by atoms with Crippen molar-refractivity contribution in [1.82, 2.24) is 0 Å². The van der Waals surface area contributed by atoms with Crippen LogP contribution in [0.25, 0.3) is 0 Å². The molecule has 0 radical (unpaired) electrons. The van der Waals surface area contributed by atoms with E-state index in [1.54, 1.807) is 18.2 Å². The van der Waals surface area contributed by atoms with E-state index in [0.717, 1.165) is 6.08 Å². The van der Waals surface area contributed by atoms with Gasteiger partial charge >= 0.3 is 29.6 Å². The SMILES string of the molecule is C/C=C/C=CC=CC(=O)[O-].[Na+]. The predicted octanol–water partition coefficient (Wildman–Crippen LogP) is -2.57. The van der Waals surface area contributed by atoms with E-state index in [1.165, 1.54) is 6.08 Å². The molecule has 0 aliphatic heterocycles. The summed E-state index contributed by atoms with van der Waals surface area (Å²) in [4.78, 5) is 9.78. The van der Waals surface area contributed by atoms with Crippen LogP contribution in [0.3, 0.4) is 0 Å². The number of carboxylic acid groups (broad SMARTS) is 1. The van der Waals surface area contributed by atoms with Crippen molar-refractivity contribution in [2.45, 2.75) is 6.92 Å². The van der Waals surface area contributed by atoms with Crippen LogP contribution in [-0.4, -0.2) is 5.97 Å². The first kappa shape index (κ1) is 13.3. The Hall–Kier alpha value is -0.310. The van der Waals surface area contributed by atoms with Crippen molar-refractivity contribution in [2.24, 2.45) is 0 Å². The molecule has 0 saturated heterocycles. The van der Waals surface area contributed by atoms with Gasteiger partial charge in [0.25, 0.3) is 0 Å². The van der Waals surface area contributed by atoms with Crippen molar-refractivity contribution >= 4 is 5.97 Å². The van der Waals surface area contributed by atoms with Crippen molar-refractivity contribution < 1.29 is 39.5 Å². The van der Waals surface area contributed by atoms with Crippen LogP contribution in [0.2, 0.25) is 0 Å². The minimum Gasteiger partial charge on any atom is -0.545 e. The standard InChI is InChI=1S/C8H10O2.Na/c1-2-3-4-5-6-7-8(9)10;/h2-7H,1H3,(H,9,10);/q;+1/p-1/b3-2+,5-4?,7-6?;. The summed E-state index contributed by atoms with van der Waals surface area (Å²) in [6.45, 7) is 1.88. The third-order valence-electron chi connectivity index (χ3n) is 0.758. The smallest absolute Gasteiger partial charge is 0.545 e. The summed E-state index contributed by atoms with van der Waals surface area (Å²) < 4.78 is 0. The fraction of sp³-hybridized carbons (Fsp3) is 0.125. The fourth-order valence-electron chi connectivity index (χ4n) is 0.374. The summed E-state index contributed by atoms with van der Waals surface area (Å²) in [5.74, 6) is -1.18. The van der Waals surface area contributed by atoms with Gasteiger partial charge in [-0.25, -0.2) is 0 Å². The molecule has 54 valence electrons. The van der Waals surface area contributed by atoms with Crippen LogP contribution in [0.15, 0.2) is 36.5 Å².